The molecule has 0 aliphatic heterocycles. The zero-order valence-corrected chi connectivity index (χ0v) is 9.36. The van der Waals surface area contributed by atoms with E-state index in [0.29, 0.717) is 11.9 Å². The van der Waals surface area contributed by atoms with E-state index in [2.05, 4.69) is 6.58 Å². The molecular formula is C5H8Cl4Si. The van der Waals surface area contributed by atoms with Gasteiger partial charge in [0.05, 0.1) is 0 Å². The Morgan fingerprint density at radius 2 is 1.80 bits per heavy atom. The quantitative estimate of drug-likeness (QED) is 0.302. The van der Waals surface area contributed by atoms with Crippen LogP contribution in [0.5, 0.6) is 0 Å². The van der Waals surface area contributed by atoms with Gasteiger partial charge in [0.25, 0.3) is 0 Å². The molecule has 0 aromatic carbocycles. The second-order valence-corrected chi connectivity index (χ2v) is 11.5. The van der Waals surface area contributed by atoms with Gasteiger partial charge in [-0.1, -0.05) is 12.2 Å². The molecule has 0 amide bonds. The van der Waals surface area contributed by atoms with Crippen LogP contribution in [0.2, 0.25) is 6.04 Å². The highest BCUT2D eigenvalue weighted by molar-refractivity contribution is 7.64. The molecule has 5 heteroatoms. The number of rotatable bonds is 4. The van der Waals surface area contributed by atoms with Crippen LogP contribution in [0.4, 0.5) is 0 Å². The van der Waals surface area contributed by atoms with E-state index in [9.17, 15) is 0 Å². The summed E-state index contributed by atoms with van der Waals surface area (Å²) in [5, 5.41) is 0. The lowest BCUT2D eigenvalue weighted by Crippen LogP contribution is -2.08. The van der Waals surface area contributed by atoms with Gasteiger partial charge in [-0.2, -0.15) is 0 Å². The lowest BCUT2D eigenvalue weighted by molar-refractivity contribution is 1.10. The molecule has 0 aliphatic rings. The molecule has 0 nitrogen and oxygen atoms in total. The summed E-state index contributed by atoms with van der Waals surface area (Å²) in [7, 11) is 0. The third-order valence-corrected chi connectivity index (χ3v) is 3.85. The topological polar surface area (TPSA) is 0 Å². The zero-order chi connectivity index (χ0) is 8.20. The van der Waals surface area contributed by atoms with E-state index in [0.717, 1.165) is 12.0 Å². The molecule has 0 atom stereocenters. The molecule has 0 saturated heterocycles. The predicted molar refractivity (Wildman–Crippen MR) is 52.6 cm³/mol. The lowest BCUT2D eigenvalue weighted by atomic mass is 10.3. The highest BCUT2D eigenvalue weighted by Crippen LogP contribution is 2.27. The van der Waals surface area contributed by atoms with Gasteiger partial charge in [0.15, 0.2) is 0 Å². The first-order valence-corrected chi connectivity index (χ1v) is 8.53. The Balaban J connectivity index is 3.46. The van der Waals surface area contributed by atoms with Gasteiger partial charge in [0.1, 0.15) is 0 Å². The molecule has 0 unspecified atom stereocenters. The second kappa shape index (κ2) is 4.89. The minimum Gasteiger partial charge on any atom is -0.126 e. The van der Waals surface area contributed by atoms with Crippen LogP contribution in [0.25, 0.3) is 0 Å². The summed E-state index contributed by atoms with van der Waals surface area (Å²) in [6, 6.07) is -1.82. The molecule has 0 fully saturated rings. The minimum absolute atomic E-state index is 0.454. The average Bonchev–Trinajstić information content (AvgIpc) is 1.81. The normalized spacial score (nSPS) is 11.6. The Morgan fingerprint density at radius 1 is 1.30 bits per heavy atom. The van der Waals surface area contributed by atoms with E-state index in [1.165, 1.54) is 0 Å². The van der Waals surface area contributed by atoms with Crippen LogP contribution in [-0.2, 0) is 0 Å². The fourth-order valence-electron chi connectivity index (χ4n) is 0.385. The van der Waals surface area contributed by atoms with Crippen molar-refractivity contribution in [1.82, 2.24) is 0 Å². The van der Waals surface area contributed by atoms with E-state index >= 15 is 0 Å². The molecular weight excluding hydrogens is 230 g/mol. The van der Waals surface area contributed by atoms with E-state index in [1.807, 2.05) is 0 Å². The van der Waals surface area contributed by atoms with Crippen molar-refractivity contribution in [2.24, 2.45) is 0 Å². The van der Waals surface area contributed by atoms with Crippen LogP contribution in [0, 0.1) is 0 Å². The molecule has 0 radical (unpaired) electrons. The maximum atomic E-state index is 5.62. The molecule has 0 bridgehead atoms. The molecule has 10 heavy (non-hydrogen) atoms. The number of allylic oxidation sites excluding steroid dienone is 1. The fourth-order valence-corrected chi connectivity index (χ4v) is 2.01. The maximum Gasteiger partial charge on any atom is 0.341 e. The lowest BCUT2D eigenvalue weighted by Gasteiger charge is -2.06. The number of alkyl halides is 1. The number of halogens is 4. The fraction of sp³-hybridized carbons (Fsp3) is 0.600. The van der Waals surface area contributed by atoms with E-state index in [4.69, 9.17) is 44.8 Å². The minimum atomic E-state index is -2.44. The Kier molecular flexibility index (Phi) is 5.43. The Bertz CT molecular complexity index is 117. The number of hydrogen-bond acceptors (Lipinski definition) is 0. The monoisotopic (exact) mass is 236 g/mol. The van der Waals surface area contributed by atoms with Crippen LogP contribution in [-0.4, -0.2) is 11.9 Å². The first-order valence-electron chi connectivity index (χ1n) is 2.75. The van der Waals surface area contributed by atoms with Gasteiger partial charge in [-0.15, -0.1) is 44.8 Å². The molecule has 60 valence electrons. The standard InChI is InChI=1S/C5H8Cl4Si/c1-5(4-6)2-3-10(7,8)9/h1-4H2. The van der Waals surface area contributed by atoms with Crippen molar-refractivity contribution in [3.63, 3.8) is 0 Å². The van der Waals surface area contributed by atoms with E-state index < -0.39 is 6.00 Å². The van der Waals surface area contributed by atoms with Crippen molar-refractivity contribution >= 4 is 50.8 Å². The van der Waals surface area contributed by atoms with Crippen LogP contribution < -0.4 is 0 Å². The molecule has 0 saturated carbocycles. The number of hydrogen-bond donors (Lipinski definition) is 0. The van der Waals surface area contributed by atoms with E-state index in [1.54, 1.807) is 0 Å². The first-order chi connectivity index (χ1) is 4.45. The van der Waals surface area contributed by atoms with Crippen molar-refractivity contribution in [2.45, 2.75) is 12.5 Å². The summed E-state index contributed by atoms with van der Waals surface area (Å²) in [5.74, 6) is 0.454. The SMILES string of the molecule is C=C(CCl)CC[Si](Cl)(Cl)Cl. The van der Waals surface area contributed by atoms with E-state index in [-0.39, 0.29) is 0 Å². The predicted octanol–water partition coefficient (Wildman–Crippen LogP) is 3.83. The summed E-state index contributed by atoms with van der Waals surface area (Å²) >= 11 is 22.3. The van der Waals surface area contributed by atoms with Crippen molar-refractivity contribution in [1.29, 1.82) is 0 Å². The zero-order valence-electron chi connectivity index (χ0n) is 5.34. The van der Waals surface area contributed by atoms with Gasteiger partial charge in [-0.25, -0.2) is 0 Å². The molecule has 0 aromatic rings. The third kappa shape index (κ3) is 7.23. The van der Waals surface area contributed by atoms with Gasteiger partial charge in [-0.3, -0.25) is 0 Å². The third-order valence-electron chi connectivity index (χ3n) is 0.951. The van der Waals surface area contributed by atoms with Gasteiger partial charge in [-0.05, 0) is 12.5 Å². The highest BCUT2D eigenvalue weighted by atomic mass is 35.8. The molecule has 0 aromatic heterocycles. The summed E-state index contributed by atoms with van der Waals surface area (Å²) in [5.41, 5.74) is 0.931. The summed E-state index contributed by atoms with van der Waals surface area (Å²) < 4.78 is 0. The Labute approximate surface area is 81.2 Å². The Morgan fingerprint density at radius 3 is 2.10 bits per heavy atom. The van der Waals surface area contributed by atoms with Gasteiger partial charge in [0.2, 0.25) is 0 Å². The largest absolute Gasteiger partial charge is 0.341 e. The van der Waals surface area contributed by atoms with Crippen LogP contribution in [0.1, 0.15) is 6.42 Å². The van der Waals surface area contributed by atoms with Gasteiger partial charge >= 0.3 is 6.00 Å². The van der Waals surface area contributed by atoms with Gasteiger partial charge in [0, 0.05) is 5.88 Å². The summed E-state index contributed by atoms with van der Waals surface area (Å²) in [4.78, 5) is 0. The highest BCUT2D eigenvalue weighted by Gasteiger charge is 2.23. The maximum absolute atomic E-state index is 5.62. The molecule has 0 heterocycles. The Hall–Kier alpha value is 1.12. The summed E-state index contributed by atoms with van der Waals surface area (Å²) in [6.07, 6.45) is 0.728. The van der Waals surface area contributed by atoms with Crippen molar-refractivity contribution in [2.75, 3.05) is 5.88 Å². The molecule has 0 aliphatic carbocycles. The summed E-state index contributed by atoms with van der Waals surface area (Å²) in [6.45, 7) is 3.69. The van der Waals surface area contributed by atoms with Crippen LogP contribution in [0.15, 0.2) is 12.2 Å². The average molecular weight is 238 g/mol. The first kappa shape index (κ1) is 11.1. The second-order valence-electron chi connectivity index (χ2n) is 2.00. The molecule has 0 N–H and O–H groups in total. The smallest absolute Gasteiger partial charge is 0.126 e. The molecule has 0 spiro atoms. The van der Waals surface area contributed by atoms with Crippen LogP contribution >= 0.6 is 44.8 Å². The van der Waals surface area contributed by atoms with Crippen molar-refractivity contribution in [3.05, 3.63) is 12.2 Å². The van der Waals surface area contributed by atoms with Crippen molar-refractivity contribution in [3.8, 4) is 0 Å². The van der Waals surface area contributed by atoms with Crippen LogP contribution in [0.3, 0.4) is 0 Å². The molecule has 0 rings (SSSR count). The van der Waals surface area contributed by atoms with Crippen molar-refractivity contribution < 1.29 is 0 Å². The van der Waals surface area contributed by atoms with Gasteiger partial charge < -0.3 is 0 Å².